The summed E-state index contributed by atoms with van der Waals surface area (Å²) in [7, 11) is 0. The monoisotopic (exact) mass is 312 g/mol. The van der Waals surface area contributed by atoms with E-state index in [1.54, 1.807) is 6.07 Å². The third-order valence-corrected chi connectivity index (χ3v) is 4.50. The lowest BCUT2D eigenvalue weighted by molar-refractivity contribution is 0.397. The lowest BCUT2D eigenvalue weighted by Gasteiger charge is -2.33. The minimum absolute atomic E-state index is 0.421. The molecular weight excluding hydrogens is 294 g/mol. The molecule has 1 fully saturated rings. The smallest absolute Gasteiger partial charge is 0.129 e. The van der Waals surface area contributed by atoms with Gasteiger partial charge in [0, 0.05) is 24.8 Å². The zero-order chi connectivity index (χ0) is 16.2. The number of halogens is 2. The molecule has 0 bridgehead atoms. The van der Waals surface area contributed by atoms with E-state index in [9.17, 15) is 8.78 Å². The quantitative estimate of drug-likeness (QED) is 0.845. The largest absolute Gasteiger partial charge is 0.372 e. The highest BCUT2D eigenvalue weighted by Crippen LogP contribution is 2.26. The van der Waals surface area contributed by atoms with E-state index in [4.69, 9.17) is 5.26 Å². The van der Waals surface area contributed by atoms with E-state index in [1.165, 1.54) is 6.07 Å². The Labute approximate surface area is 135 Å². The molecule has 2 aromatic carbocycles. The summed E-state index contributed by atoms with van der Waals surface area (Å²) < 4.78 is 26.7. The third kappa shape index (κ3) is 3.68. The minimum Gasteiger partial charge on any atom is -0.372 e. The highest BCUT2D eigenvalue weighted by atomic mass is 19.1. The fourth-order valence-corrected chi connectivity index (χ4v) is 3.14. The van der Waals surface area contributed by atoms with Gasteiger partial charge in [0.15, 0.2) is 0 Å². The van der Waals surface area contributed by atoms with Crippen LogP contribution in [0.1, 0.15) is 24.0 Å². The second kappa shape index (κ2) is 6.78. The van der Waals surface area contributed by atoms with Crippen molar-refractivity contribution in [2.24, 2.45) is 5.92 Å². The molecule has 0 unspecified atom stereocenters. The van der Waals surface area contributed by atoms with E-state index >= 15 is 0 Å². The first-order chi connectivity index (χ1) is 11.2. The summed E-state index contributed by atoms with van der Waals surface area (Å²) in [6.45, 7) is 1.83. The lowest BCUT2D eigenvalue weighted by atomic mass is 9.89. The molecule has 1 aliphatic heterocycles. The van der Waals surface area contributed by atoms with Crippen LogP contribution in [-0.2, 0) is 6.42 Å². The van der Waals surface area contributed by atoms with Gasteiger partial charge in [-0.1, -0.05) is 6.07 Å². The SMILES string of the molecule is N#Cc1ccc(N2CCC(Cc3ccc(F)cc3F)CC2)cc1. The van der Waals surface area contributed by atoms with Crippen molar-refractivity contribution in [1.29, 1.82) is 5.26 Å². The zero-order valence-electron chi connectivity index (χ0n) is 12.8. The summed E-state index contributed by atoms with van der Waals surface area (Å²) in [5.41, 5.74) is 2.38. The zero-order valence-corrected chi connectivity index (χ0v) is 12.8. The van der Waals surface area contributed by atoms with Gasteiger partial charge in [0.1, 0.15) is 11.6 Å². The molecule has 4 heteroatoms. The fraction of sp³-hybridized carbons (Fsp3) is 0.316. The van der Waals surface area contributed by atoms with Crippen LogP contribution in [0.3, 0.4) is 0 Å². The molecule has 118 valence electrons. The maximum atomic E-state index is 13.7. The van der Waals surface area contributed by atoms with Gasteiger partial charge >= 0.3 is 0 Å². The number of nitrogens with zero attached hydrogens (tertiary/aromatic N) is 2. The molecule has 23 heavy (non-hydrogen) atoms. The number of anilines is 1. The first kappa shape index (κ1) is 15.5. The Hall–Kier alpha value is -2.41. The standard InChI is InChI=1S/C19H18F2N2/c20-17-4-3-16(19(21)12-17)11-14-7-9-23(10-8-14)18-5-1-15(13-22)2-6-18/h1-6,12,14H,7-11H2. The Balaban J connectivity index is 1.58. The first-order valence-electron chi connectivity index (χ1n) is 7.85. The third-order valence-electron chi connectivity index (χ3n) is 4.50. The van der Waals surface area contributed by atoms with Gasteiger partial charge in [0.2, 0.25) is 0 Å². The van der Waals surface area contributed by atoms with E-state index < -0.39 is 11.6 Å². The Morgan fingerprint density at radius 1 is 1.04 bits per heavy atom. The highest BCUT2D eigenvalue weighted by Gasteiger charge is 2.21. The van der Waals surface area contributed by atoms with Crippen LogP contribution in [0.5, 0.6) is 0 Å². The molecule has 3 rings (SSSR count). The van der Waals surface area contributed by atoms with Crippen LogP contribution in [0.2, 0.25) is 0 Å². The predicted molar refractivity (Wildman–Crippen MR) is 86.2 cm³/mol. The molecule has 0 atom stereocenters. The van der Waals surface area contributed by atoms with Crippen LogP contribution in [-0.4, -0.2) is 13.1 Å². The summed E-state index contributed by atoms with van der Waals surface area (Å²) in [5, 5.41) is 8.84. The van der Waals surface area contributed by atoms with E-state index in [0.717, 1.165) is 37.7 Å². The Bertz CT molecular complexity index is 711. The van der Waals surface area contributed by atoms with Crippen LogP contribution in [0, 0.1) is 28.9 Å². The van der Waals surface area contributed by atoms with Crippen molar-refractivity contribution in [3.63, 3.8) is 0 Å². The molecule has 2 aromatic rings. The summed E-state index contributed by atoms with van der Waals surface area (Å²) in [4.78, 5) is 2.29. The lowest BCUT2D eigenvalue weighted by Crippen LogP contribution is -2.34. The minimum atomic E-state index is -0.526. The summed E-state index contributed by atoms with van der Waals surface area (Å²) in [6.07, 6.45) is 2.63. The second-order valence-electron chi connectivity index (χ2n) is 6.03. The van der Waals surface area contributed by atoms with Crippen LogP contribution < -0.4 is 4.90 Å². The molecule has 0 aliphatic carbocycles. The van der Waals surface area contributed by atoms with Crippen molar-refractivity contribution in [3.8, 4) is 6.07 Å². The Kier molecular flexibility index (Phi) is 4.57. The van der Waals surface area contributed by atoms with Gasteiger partial charge in [-0.25, -0.2) is 8.78 Å². The van der Waals surface area contributed by atoms with Crippen LogP contribution in [0.4, 0.5) is 14.5 Å². The molecule has 0 amide bonds. The number of benzene rings is 2. The van der Waals surface area contributed by atoms with Gasteiger partial charge in [0.05, 0.1) is 11.6 Å². The van der Waals surface area contributed by atoms with Crippen molar-refractivity contribution >= 4 is 5.69 Å². The molecule has 0 spiro atoms. The Morgan fingerprint density at radius 3 is 2.35 bits per heavy atom. The van der Waals surface area contributed by atoms with Crippen LogP contribution >= 0.6 is 0 Å². The van der Waals surface area contributed by atoms with Gasteiger partial charge in [-0.05, 0) is 61.1 Å². The fourth-order valence-electron chi connectivity index (χ4n) is 3.14. The van der Waals surface area contributed by atoms with Crippen LogP contribution in [0.15, 0.2) is 42.5 Å². The number of hydrogen-bond donors (Lipinski definition) is 0. The molecule has 1 aliphatic rings. The maximum Gasteiger partial charge on any atom is 0.129 e. The van der Waals surface area contributed by atoms with Gasteiger partial charge in [0.25, 0.3) is 0 Å². The molecule has 0 N–H and O–H groups in total. The highest BCUT2D eigenvalue weighted by molar-refractivity contribution is 5.49. The average Bonchev–Trinajstić information content (AvgIpc) is 2.58. The molecule has 1 saturated heterocycles. The summed E-state index contributed by atoms with van der Waals surface area (Å²) in [6, 6.07) is 13.6. The van der Waals surface area contributed by atoms with Crippen molar-refractivity contribution in [2.45, 2.75) is 19.3 Å². The van der Waals surface area contributed by atoms with Crippen molar-refractivity contribution in [3.05, 3.63) is 65.2 Å². The topological polar surface area (TPSA) is 27.0 Å². The van der Waals surface area contributed by atoms with Gasteiger partial charge in [-0.2, -0.15) is 5.26 Å². The molecule has 0 aromatic heterocycles. The van der Waals surface area contributed by atoms with Crippen molar-refractivity contribution in [2.75, 3.05) is 18.0 Å². The molecule has 0 saturated carbocycles. The van der Waals surface area contributed by atoms with E-state index in [1.807, 2.05) is 24.3 Å². The molecular formula is C19H18F2N2. The predicted octanol–water partition coefficient (Wildman–Crippen LogP) is 4.30. The normalized spacial score (nSPS) is 15.4. The molecule has 0 radical (unpaired) electrons. The van der Waals surface area contributed by atoms with Crippen LogP contribution in [0.25, 0.3) is 0 Å². The van der Waals surface area contributed by atoms with Gasteiger partial charge in [-0.15, -0.1) is 0 Å². The average molecular weight is 312 g/mol. The Morgan fingerprint density at radius 2 is 1.74 bits per heavy atom. The maximum absolute atomic E-state index is 13.7. The van der Waals surface area contributed by atoms with Gasteiger partial charge < -0.3 is 4.90 Å². The number of piperidine rings is 1. The van der Waals surface area contributed by atoms with Crippen molar-refractivity contribution in [1.82, 2.24) is 0 Å². The van der Waals surface area contributed by atoms with E-state index in [2.05, 4.69) is 11.0 Å². The van der Waals surface area contributed by atoms with E-state index in [-0.39, 0.29) is 0 Å². The second-order valence-corrected chi connectivity index (χ2v) is 6.03. The number of nitriles is 1. The van der Waals surface area contributed by atoms with Crippen molar-refractivity contribution < 1.29 is 8.78 Å². The molecule has 2 nitrogen and oxygen atoms in total. The number of rotatable bonds is 3. The molecule has 1 heterocycles. The summed E-state index contributed by atoms with van der Waals surface area (Å²) >= 11 is 0. The van der Waals surface area contributed by atoms with E-state index in [0.29, 0.717) is 23.5 Å². The number of hydrogen-bond acceptors (Lipinski definition) is 2. The summed E-state index contributed by atoms with van der Waals surface area (Å²) in [5.74, 6) is -0.550. The first-order valence-corrected chi connectivity index (χ1v) is 7.85. The van der Waals surface area contributed by atoms with Gasteiger partial charge in [-0.3, -0.25) is 0 Å².